The number of benzene rings is 1. The van der Waals surface area contributed by atoms with Crippen LogP contribution >= 0.6 is 0 Å². The predicted molar refractivity (Wildman–Crippen MR) is 101 cm³/mol. The number of likely N-dealkylation sites (tertiary alicyclic amines) is 1. The fraction of sp³-hybridized carbons (Fsp3) is 0.550. The third-order valence-electron chi connectivity index (χ3n) is 5.66. The maximum atomic E-state index is 10.6. The molecule has 4 heterocycles. The molecule has 3 atom stereocenters. The van der Waals surface area contributed by atoms with Crippen LogP contribution in [-0.4, -0.2) is 65.4 Å². The molecule has 9 nitrogen and oxygen atoms in total. The van der Waals surface area contributed by atoms with Crippen molar-refractivity contribution in [3.63, 3.8) is 0 Å². The first-order chi connectivity index (χ1) is 15.2. The van der Waals surface area contributed by atoms with Gasteiger partial charge in [0.1, 0.15) is 0 Å². The van der Waals surface area contributed by atoms with Gasteiger partial charge in [-0.25, -0.2) is 4.79 Å². The van der Waals surface area contributed by atoms with Gasteiger partial charge in [-0.15, -0.1) is 0 Å². The van der Waals surface area contributed by atoms with Crippen LogP contribution in [0.15, 0.2) is 22.7 Å². The lowest BCUT2D eigenvalue weighted by molar-refractivity contribution is -0.192. The number of halogens is 3. The number of hydrogen-bond acceptors (Lipinski definition) is 8. The van der Waals surface area contributed by atoms with E-state index in [0.717, 1.165) is 43.6 Å². The second-order valence-electron chi connectivity index (χ2n) is 7.93. The van der Waals surface area contributed by atoms with Crippen LogP contribution in [0.1, 0.15) is 23.2 Å². The summed E-state index contributed by atoms with van der Waals surface area (Å²) in [6.07, 6.45) is -5.08. The summed E-state index contributed by atoms with van der Waals surface area (Å²) in [5.41, 5.74) is 1.24. The summed E-state index contributed by atoms with van der Waals surface area (Å²) in [6.45, 7) is 6.60. The van der Waals surface area contributed by atoms with Crippen LogP contribution in [0, 0.1) is 18.8 Å². The molecule has 1 aromatic carbocycles. The van der Waals surface area contributed by atoms with Crippen molar-refractivity contribution in [3.8, 4) is 11.5 Å². The predicted octanol–water partition coefficient (Wildman–Crippen LogP) is 2.60. The molecule has 0 saturated carbocycles. The van der Waals surface area contributed by atoms with Crippen LogP contribution in [0.4, 0.5) is 13.2 Å². The molecular formula is C20H22F3N3O6. The van der Waals surface area contributed by atoms with Crippen LogP contribution in [-0.2, 0) is 16.1 Å². The zero-order chi connectivity index (χ0) is 22.9. The third kappa shape index (κ3) is 4.96. The number of aliphatic carboxylic acids is 1. The molecule has 174 valence electrons. The first-order valence-electron chi connectivity index (χ1n) is 9.99. The van der Waals surface area contributed by atoms with Crippen molar-refractivity contribution in [2.45, 2.75) is 25.6 Å². The molecular weight excluding hydrogens is 435 g/mol. The topological polar surface area (TPSA) is 107 Å². The minimum absolute atomic E-state index is 0.196. The van der Waals surface area contributed by atoms with E-state index in [-0.39, 0.29) is 5.92 Å². The summed E-state index contributed by atoms with van der Waals surface area (Å²) in [6, 6.07) is 6.19. The molecule has 2 saturated heterocycles. The van der Waals surface area contributed by atoms with E-state index in [1.165, 1.54) is 5.56 Å². The molecule has 2 aromatic rings. The van der Waals surface area contributed by atoms with Crippen molar-refractivity contribution in [1.29, 1.82) is 0 Å². The van der Waals surface area contributed by atoms with Gasteiger partial charge in [0.15, 0.2) is 17.3 Å². The first-order valence-corrected chi connectivity index (χ1v) is 9.99. The van der Waals surface area contributed by atoms with Crippen molar-refractivity contribution >= 4 is 5.97 Å². The van der Waals surface area contributed by atoms with Crippen LogP contribution in [0.2, 0.25) is 0 Å². The number of alkyl halides is 3. The molecule has 0 radical (unpaired) electrons. The van der Waals surface area contributed by atoms with Gasteiger partial charge in [-0.2, -0.15) is 18.2 Å². The highest BCUT2D eigenvalue weighted by Gasteiger charge is 2.43. The quantitative estimate of drug-likeness (QED) is 0.744. The summed E-state index contributed by atoms with van der Waals surface area (Å²) in [5.74, 6) is 1.54. The SMILES string of the molecule is Cc1noc([C@H]2COC[C@H]3CN(Cc4ccc5c(c4)OCO5)C[C@H]32)n1.O=C(O)C(F)(F)F. The zero-order valence-electron chi connectivity index (χ0n) is 17.2. The molecule has 0 amide bonds. The molecule has 32 heavy (non-hydrogen) atoms. The Balaban J connectivity index is 0.000000307. The number of rotatable bonds is 3. The normalized spacial score (nSPS) is 24.6. The number of fused-ring (bicyclic) bond motifs is 2. The van der Waals surface area contributed by atoms with Crippen molar-refractivity contribution in [2.75, 3.05) is 33.1 Å². The average molecular weight is 457 g/mol. The van der Waals surface area contributed by atoms with E-state index < -0.39 is 12.1 Å². The molecule has 0 bridgehead atoms. The van der Waals surface area contributed by atoms with E-state index in [9.17, 15) is 13.2 Å². The molecule has 0 aliphatic carbocycles. The van der Waals surface area contributed by atoms with Crippen molar-refractivity contribution in [3.05, 3.63) is 35.5 Å². The summed E-state index contributed by atoms with van der Waals surface area (Å²) in [7, 11) is 0. The standard InChI is InChI=1S/C18H21N3O4.C2HF3O2/c1-11-19-18(25-20-11)15-9-22-8-13-6-21(7-14(13)15)5-12-2-3-16-17(4-12)24-10-23-16;3-2(4,5)1(6)7/h2-4,13-15H,5-10H2,1H3;(H,6,7)/t13-,14-,15+;/m1./s1. The highest BCUT2D eigenvalue weighted by atomic mass is 19.4. The van der Waals surface area contributed by atoms with E-state index in [0.29, 0.717) is 31.1 Å². The molecule has 1 aromatic heterocycles. The number of ether oxygens (including phenoxy) is 3. The monoisotopic (exact) mass is 457 g/mol. The van der Waals surface area contributed by atoms with Crippen molar-refractivity contribution in [1.82, 2.24) is 15.0 Å². The van der Waals surface area contributed by atoms with Gasteiger partial charge >= 0.3 is 12.1 Å². The molecule has 0 unspecified atom stereocenters. The van der Waals surface area contributed by atoms with Gasteiger partial charge in [-0.3, -0.25) is 4.90 Å². The summed E-state index contributed by atoms with van der Waals surface area (Å²) < 4.78 is 53.9. The fourth-order valence-electron chi connectivity index (χ4n) is 4.24. The minimum Gasteiger partial charge on any atom is -0.475 e. The second-order valence-corrected chi connectivity index (χ2v) is 7.93. The number of aryl methyl sites for hydroxylation is 1. The minimum atomic E-state index is -5.08. The molecule has 2 fully saturated rings. The number of carbonyl (C=O) groups is 1. The van der Waals surface area contributed by atoms with Gasteiger partial charge in [0.05, 0.1) is 19.1 Å². The van der Waals surface area contributed by atoms with Crippen LogP contribution < -0.4 is 9.47 Å². The van der Waals surface area contributed by atoms with E-state index in [1.54, 1.807) is 0 Å². The van der Waals surface area contributed by atoms with Gasteiger partial charge < -0.3 is 23.8 Å². The van der Waals surface area contributed by atoms with Crippen LogP contribution in [0.25, 0.3) is 0 Å². The highest BCUT2D eigenvalue weighted by molar-refractivity contribution is 5.73. The van der Waals surface area contributed by atoms with Crippen molar-refractivity contribution in [2.24, 2.45) is 11.8 Å². The van der Waals surface area contributed by atoms with Gasteiger partial charge in [0.2, 0.25) is 12.7 Å². The Labute approximate surface area is 181 Å². The Morgan fingerprint density at radius 3 is 2.66 bits per heavy atom. The molecule has 12 heteroatoms. The smallest absolute Gasteiger partial charge is 0.475 e. The maximum Gasteiger partial charge on any atom is 0.490 e. The zero-order valence-corrected chi connectivity index (χ0v) is 17.2. The number of carboxylic acid groups (broad SMARTS) is 1. The Morgan fingerprint density at radius 2 is 1.97 bits per heavy atom. The first kappa shape index (κ1) is 22.3. The lowest BCUT2D eigenvalue weighted by atomic mass is 9.83. The van der Waals surface area contributed by atoms with Gasteiger partial charge in [0.25, 0.3) is 0 Å². The van der Waals surface area contributed by atoms with Gasteiger partial charge in [0, 0.05) is 19.6 Å². The van der Waals surface area contributed by atoms with Crippen LogP contribution in [0.3, 0.4) is 0 Å². The molecule has 3 aliphatic rings. The summed E-state index contributed by atoms with van der Waals surface area (Å²) in [4.78, 5) is 15.8. The number of hydrogen-bond donors (Lipinski definition) is 1. The fourth-order valence-corrected chi connectivity index (χ4v) is 4.24. The lowest BCUT2D eigenvalue weighted by Crippen LogP contribution is -2.33. The van der Waals surface area contributed by atoms with Gasteiger partial charge in [-0.05, 0) is 36.5 Å². The molecule has 0 spiro atoms. The Bertz CT molecular complexity index is 966. The molecule has 5 rings (SSSR count). The van der Waals surface area contributed by atoms with E-state index in [1.807, 2.05) is 13.0 Å². The van der Waals surface area contributed by atoms with Gasteiger partial charge in [-0.1, -0.05) is 11.2 Å². The highest BCUT2D eigenvalue weighted by Crippen LogP contribution is 2.40. The molecule has 1 N–H and O–H groups in total. The van der Waals surface area contributed by atoms with E-state index >= 15 is 0 Å². The Morgan fingerprint density at radius 1 is 1.22 bits per heavy atom. The van der Waals surface area contributed by atoms with E-state index in [2.05, 4.69) is 27.2 Å². The van der Waals surface area contributed by atoms with E-state index in [4.69, 9.17) is 28.6 Å². The second kappa shape index (κ2) is 8.94. The largest absolute Gasteiger partial charge is 0.490 e. The lowest BCUT2D eigenvalue weighted by Gasteiger charge is -2.30. The Hall–Kier alpha value is -2.86. The number of aromatic nitrogens is 2. The third-order valence-corrected chi connectivity index (χ3v) is 5.66. The maximum absolute atomic E-state index is 10.6. The van der Waals surface area contributed by atoms with Crippen molar-refractivity contribution < 1.29 is 41.8 Å². The molecule has 3 aliphatic heterocycles. The number of nitrogens with zero attached hydrogens (tertiary/aromatic N) is 3. The summed E-state index contributed by atoms with van der Waals surface area (Å²) >= 11 is 0. The van der Waals surface area contributed by atoms with Crippen LogP contribution in [0.5, 0.6) is 11.5 Å². The summed E-state index contributed by atoms with van der Waals surface area (Å²) in [5, 5.41) is 11.1. The number of carboxylic acids is 1. The Kier molecular flexibility index (Phi) is 6.24. The average Bonchev–Trinajstić information content (AvgIpc) is 3.46.